The van der Waals surface area contributed by atoms with Crippen LogP contribution in [0.5, 0.6) is 0 Å². The lowest BCUT2D eigenvalue weighted by Gasteiger charge is -2.25. The number of carboxylic acids is 1. The summed E-state index contributed by atoms with van der Waals surface area (Å²) in [6, 6.07) is 19.0. The van der Waals surface area contributed by atoms with E-state index >= 15 is 0 Å². The SMILES string of the molecule is C=Cc1ccc(N(c2ccccc2)S(=O)(=O)c2ccc(Cl)c(C(=O)O)c2)cc1. The summed E-state index contributed by atoms with van der Waals surface area (Å²) in [5.41, 5.74) is 1.39. The van der Waals surface area contributed by atoms with Crippen molar-refractivity contribution in [3.8, 4) is 0 Å². The minimum atomic E-state index is -4.11. The average Bonchev–Trinajstić information content (AvgIpc) is 2.69. The molecule has 0 bridgehead atoms. The number of benzene rings is 3. The van der Waals surface area contributed by atoms with Gasteiger partial charge in [-0.3, -0.25) is 0 Å². The molecule has 0 aliphatic heterocycles. The van der Waals surface area contributed by atoms with Crippen LogP contribution in [0.25, 0.3) is 6.08 Å². The Morgan fingerprint density at radius 3 is 2.14 bits per heavy atom. The lowest BCUT2D eigenvalue weighted by Crippen LogP contribution is -2.26. The van der Waals surface area contributed by atoms with Crippen molar-refractivity contribution in [2.75, 3.05) is 4.31 Å². The van der Waals surface area contributed by atoms with Crippen LogP contribution in [0.4, 0.5) is 11.4 Å². The van der Waals surface area contributed by atoms with Gasteiger partial charge in [0.15, 0.2) is 0 Å². The Labute approximate surface area is 168 Å². The number of aromatic carboxylic acids is 1. The van der Waals surface area contributed by atoms with Crippen molar-refractivity contribution in [2.24, 2.45) is 0 Å². The van der Waals surface area contributed by atoms with Gasteiger partial charge in [-0.15, -0.1) is 0 Å². The number of nitrogens with zero attached hydrogens (tertiary/aromatic N) is 1. The molecule has 0 saturated carbocycles. The van der Waals surface area contributed by atoms with E-state index in [1.807, 2.05) is 0 Å². The number of halogens is 1. The van der Waals surface area contributed by atoms with E-state index in [2.05, 4.69) is 6.58 Å². The molecule has 0 fully saturated rings. The fraction of sp³-hybridized carbons (Fsp3) is 0. The van der Waals surface area contributed by atoms with Crippen LogP contribution in [0.1, 0.15) is 15.9 Å². The Morgan fingerprint density at radius 1 is 0.964 bits per heavy atom. The van der Waals surface area contributed by atoms with Gasteiger partial charge in [0.2, 0.25) is 0 Å². The third-order valence-corrected chi connectivity index (χ3v) is 6.14. The highest BCUT2D eigenvalue weighted by atomic mass is 35.5. The van der Waals surface area contributed by atoms with E-state index in [9.17, 15) is 18.3 Å². The molecular weight excluding hydrogens is 398 g/mol. The highest BCUT2D eigenvalue weighted by Crippen LogP contribution is 2.33. The summed E-state index contributed by atoms with van der Waals surface area (Å²) in [7, 11) is -4.11. The van der Waals surface area contributed by atoms with Crippen LogP contribution in [-0.2, 0) is 10.0 Å². The smallest absolute Gasteiger partial charge is 0.337 e. The van der Waals surface area contributed by atoms with Crippen LogP contribution in [0.3, 0.4) is 0 Å². The normalized spacial score (nSPS) is 11.0. The van der Waals surface area contributed by atoms with Crippen LogP contribution in [0, 0.1) is 0 Å². The van der Waals surface area contributed by atoms with Gasteiger partial charge >= 0.3 is 5.97 Å². The van der Waals surface area contributed by atoms with Crippen molar-refractivity contribution >= 4 is 45.0 Å². The highest BCUT2D eigenvalue weighted by Gasteiger charge is 2.28. The first-order valence-corrected chi connectivity index (χ1v) is 10.0. The molecule has 7 heteroatoms. The third kappa shape index (κ3) is 3.78. The fourth-order valence-electron chi connectivity index (χ4n) is 2.67. The van der Waals surface area contributed by atoms with Crippen LogP contribution < -0.4 is 4.31 Å². The third-order valence-electron chi connectivity index (χ3n) is 4.06. The topological polar surface area (TPSA) is 74.7 Å². The lowest BCUT2D eigenvalue weighted by molar-refractivity contribution is 0.0697. The van der Waals surface area contributed by atoms with Gasteiger partial charge in [-0.2, -0.15) is 0 Å². The number of hydrogen-bond donors (Lipinski definition) is 1. The number of sulfonamides is 1. The summed E-state index contributed by atoms with van der Waals surface area (Å²) >= 11 is 5.89. The number of anilines is 2. The Kier molecular flexibility index (Phi) is 5.53. The Hall–Kier alpha value is -3.09. The Balaban J connectivity index is 2.20. The summed E-state index contributed by atoms with van der Waals surface area (Å²) < 4.78 is 28.0. The van der Waals surface area contributed by atoms with Gasteiger partial charge in [-0.25, -0.2) is 17.5 Å². The van der Waals surface area contributed by atoms with E-state index in [1.165, 1.54) is 12.1 Å². The second kappa shape index (κ2) is 7.88. The number of carboxylic acid groups (broad SMARTS) is 1. The molecule has 0 spiro atoms. The first-order chi connectivity index (χ1) is 13.3. The maximum Gasteiger partial charge on any atom is 0.337 e. The zero-order valence-electron chi connectivity index (χ0n) is 14.6. The number of carbonyl (C=O) groups is 1. The second-order valence-corrected chi connectivity index (χ2v) is 8.04. The molecule has 3 rings (SSSR count). The minimum Gasteiger partial charge on any atom is -0.478 e. The number of para-hydroxylation sites is 1. The minimum absolute atomic E-state index is 0.0342. The van der Waals surface area contributed by atoms with E-state index in [0.29, 0.717) is 11.4 Å². The molecule has 0 amide bonds. The summed E-state index contributed by atoms with van der Waals surface area (Å²) in [5.74, 6) is -1.30. The van der Waals surface area contributed by atoms with Crippen molar-refractivity contribution < 1.29 is 18.3 Å². The van der Waals surface area contributed by atoms with Gasteiger partial charge in [0.05, 0.1) is 26.9 Å². The molecule has 0 unspecified atom stereocenters. The van der Waals surface area contributed by atoms with Gasteiger partial charge in [0, 0.05) is 0 Å². The second-order valence-electron chi connectivity index (χ2n) is 5.85. The van der Waals surface area contributed by atoms with Gasteiger partial charge in [0.25, 0.3) is 10.0 Å². The van der Waals surface area contributed by atoms with Gasteiger partial charge < -0.3 is 5.11 Å². The van der Waals surface area contributed by atoms with Crippen molar-refractivity contribution in [3.05, 3.63) is 95.5 Å². The molecule has 28 heavy (non-hydrogen) atoms. The van der Waals surface area contributed by atoms with E-state index < -0.39 is 16.0 Å². The molecule has 0 aromatic heterocycles. The van der Waals surface area contributed by atoms with Crippen molar-refractivity contribution in [1.82, 2.24) is 0 Å². The molecule has 0 saturated heterocycles. The molecule has 142 valence electrons. The quantitative estimate of drug-likeness (QED) is 0.602. The molecule has 1 N–H and O–H groups in total. The fourth-order valence-corrected chi connectivity index (χ4v) is 4.38. The molecule has 3 aromatic rings. The molecule has 0 aliphatic rings. The predicted octanol–water partition coefficient (Wildman–Crippen LogP) is 5.21. The van der Waals surface area contributed by atoms with Gasteiger partial charge in [-0.1, -0.05) is 54.6 Å². The molecule has 5 nitrogen and oxygen atoms in total. The van der Waals surface area contributed by atoms with Crippen LogP contribution >= 0.6 is 11.6 Å². The maximum atomic E-state index is 13.4. The first kappa shape index (κ1) is 19.7. The van der Waals surface area contributed by atoms with E-state index in [1.54, 1.807) is 60.7 Å². The maximum absolute atomic E-state index is 13.4. The molecule has 0 aliphatic carbocycles. The molecular formula is C21H16ClNO4S. The summed E-state index contributed by atoms with van der Waals surface area (Å²) in [6.07, 6.45) is 1.66. The van der Waals surface area contributed by atoms with Crippen molar-refractivity contribution in [1.29, 1.82) is 0 Å². The monoisotopic (exact) mass is 413 g/mol. The Bertz CT molecular complexity index is 1130. The Morgan fingerprint density at radius 2 is 1.57 bits per heavy atom. The standard InChI is InChI=1S/C21H16ClNO4S/c1-2-15-8-10-17(11-9-15)23(16-6-4-3-5-7-16)28(26,27)18-12-13-20(22)19(14-18)21(24)25/h2-14H,1H2,(H,24,25). The largest absolute Gasteiger partial charge is 0.478 e. The predicted molar refractivity (Wildman–Crippen MR) is 111 cm³/mol. The van der Waals surface area contributed by atoms with Gasteiger partial charge in [-0.05, 0) is 48.0 Å². The highest BCUT2D eigenvalue weighted by molar-refractivity contribution is 7.93. The van der Waals surface area contributed by atoms with Crippen LogP contribution in [0.2, 0.25) is 5.02 Å². The van der Waals surface area contributed by atoms with Crippen LogP contribution in [-0.4, -0.2) is 19.5 Å². The van der Waals surface area contributed by atoms with E-state index in [0.717, 1.165) is 15.9 Å². The average molecular weight is 414 g/mol. The van der Waals surface area contributed by atoms with E-state index in [4.69, 9.17) is 11.6 Å². The van der Waals surface area contributed by atoms with E-state index in [-0.39, 0.29) is 15.5 Å². The van der Waals surface area contributed by atoms with Crippen LogP contribution in [0.15, 0.2) is 84.3 Å². The van der Waals surface area contributed by atoms with Gasteiger partial charge in [0.1, 0.15) is 0 Å². The molecule has 0 radical (unpaired) electrons. The zero-order valence-corrected chi connectivity index (χ0v) is 16.2. The van der Waals surface area contributed by atoms with Crippen molar-refractivity contribution in [2.45, 2.75) is 4.90 Å². The molecule has 3 aromatic carbocycles. The zero-order chi connectivity index (χ0) is 20.3. The molecule has 0 atom stereocenters. The lowest BCUT2D eigenvalue weighted by atomic mass is 10.2. The van der Waals surface area contributed by atoms with Crippen molar-refractivity contribution in [3.63, 3.8) is 0 Å². The summed E-state index contributed by atoms with van der Waals surface area (Å²) in [4.78, 5) is 11.2. The number of rotatable bonds is 6. The molecule has 0 heterocycles. The summed E-state index contributed by atoms with van der Waals surface area (Å²) in [6.45, 7) is 3.69. The summed E-state index contributed by atoms with van der Waals surface area (Å²) in [5, 5.41) is 9.25. The first-order valence-electron chi connectivity index (χ1n) is 8.20. The number of hydrogen-bond acceptors (Lipinski definition) is 3.